The van der Waals surface area contributed by atoms with Crippen LogP contribution in [0.2, 0.25) is 0 Å². The van der Waals surface area contributed by atoms with Crippen molar-refractivity contribution in [2.75, 3.05) is 13.2 Å². The van der Waals surface area contributed by atoms with Gasteiger partial charge in [0.1, 0.15) is 11.2 Å². The molecule has 0 aliphatic heterocycles. The Hall–Kier alpha value is -0.900. The fraction of sp³-hybridized carbons (Fsp3) is 0.857. The van der Waals surface area contributed by atoms with Crippen LogP contribution in [0.25, 0.3) is 0 Å². The van der Waals surface area contributed by atoms with Gasteiger partial charge in [0.15, 0.2) is 0 Å². The second-order valence-electron chi connectivity index (χ2n) is 5.10. The molecule has 0 amide bonds. The fourth-order valence-corrected chi connectivity index (χ4v) is 2.41. The molecule has 0 N–H and O–H groups in total. The highest BCUT2D eigenvalue weighted by atomic mass is 16.5. The number of ketones is 1. The Kier molecular flexibility index (Phi) is 5.79. The first kappa shape index (κ1) is 15.2. The van der Waals surface area contributed by atoms with Crippen molar-refractivity contribution in [1.82, 2.24) is 0 Å². The van der Waals surface area contributed by atoms with E-state index < -0.39 is 5.41 Å². The van der Waals surface area contributed by atoms with Crippen LogP contribution in [-0.4, -0.2) is 31.1 Å². The van der Waals surface area contributed by atoms with Crippen molar-refractivity contribution in [3.05, 3.63) is 0 Å². The summed E-state index contributed by atoms with van der Waals surface area (Å²) >= 11 is 0. The Morgan fingerprint density at radius 2 is 2.11 bits per heavy atom. The molecule has 0 heterocycles. The van der Waals surface area contributed by atoms with Gasteiger partial charge in [-0.3, -0.25) is 9.59 Å². The number of carbonyl (C=O) groups is 2. The third-order valence-electron chi connectivity index (χ3n) is 3.44. The largest absolute Gasteiger partial charge is 0.465 e. The molecule has 1 unspecified atom stereocenters. The summed E-state index contributed by atoms with van der Waals surface area (Å²) in [6.07, 6.45) is 3.44. The van der Waals surface area contributed by atoms with Crippen molar-refractivity contribution < 1.29 is 19.1 Å². The van der Waals surface area contributed by atoms with Crippen LogP contribution < -0.4 is 0 Å². The average Bonchev–Trinajstić information content (AvgIpc) is 2.31. The molecule has 0 bridgehead atoms. The van der Waals surface area contributed by atoms with Crippen LogP contribution in [-0.2, 0) is 19.1 Å². The number of ether oxygens (including phenoxy) is 2. The minimum Gasteiger partial charge on any atom is -0.465 e. The van der Waals surface area contributed by atoms with Crippen LogP contribution >= 0.6 is 0 Å². The summed E-state index contributed by atoms with van der Waals surface area (Å²) in [4.78, 5) is 24.3. The molecule has 18 heavy (non-hydrogen) atoms. The summed E-state index contributed by atoms with van der Waals surface area (Å²) in [5.41, 5.74) is -0.941. The summed E-state index contributed by atoms with van der Waals surface area (Å²) in [5.74, 6) is -0.332. The third-order valence-corrected chi connectivity index (χ3v) is 3.44. The minimum absolute atomic E-state index is 0.0274. The summed E-state index contributed by atoms with van der Waals surface area (Å²) in [6, 6.07) is 0. The van der Waals surface area contributed by atoms with Gasteiger partial charge in [-0.15, -0.1) is 0 Å². The van der Waals surface area contributed by atoms with Crippen LogP contribution in [0, 0.1) is 5.41 Å². The van der Waals surface area contributed by atoms with Gasteiger partial charge in [0, 0.05) is 13.0 Å². The van der Waals surface area contributed by atoms with Crippen LogP contribution in [0.4, 0.5) is 0 Å². The van der Waals surface area contributed by atoms with E-state index in [2.05, 4.69) is 0 Å². The smallest absolute Gasteiger partial charge is 0.319 e. The molecular weight excluding hydrogens is 232 g/mol. The molecule has 1 fully saturated rings. The van der Waals surface area contributed by atoms with Gasteiger partial charge in [-0.2, -0.15) is 0 Å². The van der Waals surface area contributed by atoms with Gasteiger partial charge in [-0.1, -0.05) is 6.42 Å². The Morgan fingerprint density at radius 3 is 2.67 bits per heavy atom. The van der Waals surface area contributed by atoms with Gasteiger partial charge in [-0.05, 0) is 40.0 Å². The highest BCUT2D eigenvalue weighted by Gasteiger charge is 2.47. The predicted molar refractivity (Wildman–Crippen MR) is 68.2 cm³/mol. The van der Waals surface area contributed by atoms with Crippen molar-refractivity contribution in [1.29, 1.82) is 0 Å². The van der Waals surface area contributed by atoms with E-state index in [1.54, 1.807) is 6.92 Å². The van der Waals surface area contributed by atoms with Gasteiger partial charge < -0.3 is 9.47 Å². The molecule has 1 rings (SSSR count). The van der Waals surface area contributed by atoms with E-state index in [1.165, 1.54) is 0 Å². The maximum atomic E-state index is 12.2. The highest BCUT2D eigenvalue weighted by Crippen LogP contribution is 2.37. The number of esters is 1. The first-order chi connectivity index (χ1) is 8.53. The van der Waals surface area contributed by atoms with Gasteiger partial charge in [0.25, 0.3) is 0 Å². The SMILES string of the molecule is CCOC(=O)C1(CCOC(C)C)CCCCC1=O. The molecule has 4 heteroatoms. The standard InChI is InChI=1S/C14H24O4/c1-4-17-13(16)14(9-10-18-11(2)3)8-6-5-7-12(14)15/h11H,4-10H2,1-3H3. The van der Waals surface area contributed by atoms with Gasteiger partial charge in [0.05, 0.1) is 12.7 Å². The van der Waals surface area contributed by atoms with Crippen LogP contribution in [0.3, 0.4) is 0 Å². The van der Waals surface area contributed by atoms with Crippen molar-refractivity contribution in [2.45, 2.75) is 59.0 Å². The van der Waals surface area contributed by atoms with E-state index in [9.17, 15) is 9.59 Å². The Labute approximate surface area is 109 Å². The number of hydrogen-bond donors (Lipinski definition) is 0. The monoisotopic (exact) mass is 256 g/mol. The molecule has 1 aliphatic carbocycles. The molecule has 4 nitrogen and oxygen atoms in total. The summed E-state index contributed by atoms with van der Waals surface area (Å²) < 4.78 is 10.6. The highest BCUT2D eigenvalue weighted by molar-refractivity contribution is 6.04. The van der Waals surface area contributed by atoms with Crippen molar-refractivity contribution in [3.8, 4) is 0 Å². The fourth-order valence-electron chi connectivity index (χ4n) is 2.41. The molecule has 0 aromatic heterocycles. The van der Waals surface area contributed by atoms with Crippen molar-refractivity contribution in [3.63, 3.8) is 0 Å². The molecule has 0 radical (unpaired) electrons. The molecule has 104 valence electrons. The lowest BCUT2D eigenvalue weighted by molar-refractivity contribution is -0.164. The first-order valence-corrected chi connectivity index (χ1v) is 6.85. The van der Waals surface area contributed by atoms with Crippen LogP contribution in [0.5, 0.6) is 0 Å². The molecule has 1 saturated carbocycles. The van der Waals surface area contributed by atoms with Gasteiger partial charge >= 0.3 is 5.97 Å². The molecule has 0 spiro atoms. The second kappa shape index (κ2) is 6.88. The molecule has 0 saturated heterocycles. The van der Waals surface area contributed by atoms with E-state index in [-0.39, 0.29) is 17.9 Å². The summed E-state index contributed by atoms with van der Waals surface area (Å²) in [5, 5.41) is 0. The van der Waals surface area contributed by atoms with Crippen molar-refractivity contribution in [2.24, 2.45) is 5.41 Å². The van der Waals surface area contributed by atoms with Gasteiger partial charge in [-0.25, -0.2) is 0 Å². The van der Waals surface area contributed by atoms with Crippen LogP contribution in [0.15, 0.2) is 0 Å². The molecule has 1 aliphatic rings. The lowest BCUT2D eigenvalue weighted by Gasteiger charge is -2.33. The van der Waals surface area contributed by atoms with E-state index in [4.69, 9.17) is 9.47 Å². The normalized spacial score (nSPS) is 24.3. The zero-order valence-electron chi connectivity index (χ0n) is 11.7. The Bertz CT molecular complexity index is 298. The number of Topliss-reactive ketones (excluding diaryl/α,β-unsaturated/α-hetero) is 1. The third kappa shape index (κ3) is 3.55. The zero-order valence-corrected chi connectivity index (χ0v) is 11.7. The Morgan fingerprint density at radius 1 is 1.39 bits per heavy atom. The lowest BCUT2D eigenvalue weighted by Crippen LogP contribution is -2.44. The van der Waals surface area contributed by atoms with E-state index in [0.29, 0.717) is 32.5 Å². The second-order valence-corrected chi connectivity index (χ2v) is 5.10. The predicted octanol–water partition coefficient (Wildman–Crippen LogP) is 2.49. The van der Waals surface area contributed by atoms with Gasteiger partial charge in [0.2, 0.25) is 0 Å². The molecular formula is C14H24O4. The minimum atomic E-state index is -0.941. The number of rotatable bonds is 6. The molecule has 0 aromatic rings. The van der Waals surface area contributed by atoms with E-state index in [0.717, 1.165) is 12.8 Å². The van der Waals surface area contributed by atoms with Crippen LogP contribution in [0.1, 0.15) is 52.9 Å². The quantitative estimate of drug-likeness (QED) is 0.541. The van der Waals surface area contributed by atoms with Crippen molar-refractivity contribution >= 4 is 11.8 Å². The average molecular weight is 256 g/mol. The lowest BCUT2D eigenvalue weighted by atomic mass is 9.71. The Balaban J connectivity index is 2.73. The maximum Gasteiger partial charge on any atom is 0.319 e. The topological polar surface area (TPSA) is 52.6 Å². The number of carbonyl (C=O) groups excluding carboxylic acids is 2. The summed E-state index contributed by atoms with van der Waals surface area (Å²) in [7, 11) is 0. The summed E-state index contributed by atoms with van der Waals surface area (Å²) in [6.45, 7) is 6.41. The zero-order chi connectivity index (χ0) is 13.6. The molecule has 1 atom stereocenters. The maximum absolute atomic E-state index is 12.2. The number of hydrogen-bond acceptors (Lipinski definition) is 4. The molecule has 0 aromatic carbocycles. The van der Waals surface area contributed by atoms with E-state index in [1.807, 2.05) is 13.8 Å². The first-order valence-electron chi connectivity index (χ1n) is 6.85. The van der Waals surface area contributed by atoms with E-state index >= 15 is 0 Å².